The van der Waals surface area contributed by atoms with Crippen LogP contribution in [-0.4, -0.2) is 60.9 Å². The molecular formula is C21H32ClN3O2. The van der Waals surface area contributed by atoms with E-state index in [9.17, 15) is 9.59 Å². The van der Waals surface area contributed by atoms with E-state index in [1.165, 1.54) is 6.42 Å². The summed E-state index contributed by atoms with van der Waals surface area (Å²) in [5, 5.41) is 3.35. The largest absolute Gasteiger partial charge is 0.339 e. The highest BCUT2D eigenvalue weighted by atomic mass is 35.5. The highest BCUT2D eigenvalue weighted by molar-refractivity contribution is 5.87. The normalized spacial score (nSPS) is 20.3. The molecule has 0 aliphatic carbocycles. The average molecular weight is 394 g/mol. The van der Waals surface area contributed by atoms with E-state index in [1.807, 2.05) is 54.0 Å². The zero-order valence-electron chi connectivity index (χ0n) is 16.4. The fourth-order valence-electron chi connectivity index (χ4n) is 3.98. The maximum atomic E-state index is 13.0. The topological polar surface area (TPSA) is 52.7 Å². The number of amides is 2. The Labute approximate surface area is 168 Å². The molecule has 3 rings (SSSR count). The standard InChI is InChI=1S/C21H31N3O2.ClH/c1-21(2,18-6-4-3-5-7-18)20(26)24-14-12-23(13-15-24)19(25)9-8-17-10-11-22-16-17;/h3-7,17,22H,8-16H2,1-2H3;1H. The molecule has 0 spiro atoms. The van der Waals surface area contributed by atoms with Crippen LogP contribution in [0.3, 0.4) is 0 Å². The molecule has 1 aromatic carbocycles. The Morgan fingerprint density at radius 1 is 1.07 bits per heavy atom. The van der Waals surface area contributed by atoms with Gasteiger partial charge in [0.05, 0.1) is 5.41 Å². The second-order valence-electron chi connectivity index (χ2n) is 8.06. The average Bonchev–Trinajstić information content (AvgIpc) is 3.20. The Kier molecular flexibility index (Phi) is 7.68. The molecule has 2 aliphatic rings. The smallest absolute Gasteiger partial charge is 0.232 e. The lowest BCUT2D eigenvalue weighted by Crippen LogP contribution is -2.54. The molecule has 0 bridgehead atoms. The molecule has 0 radical (unpaired) electrons. The Morgan fingerprint density at radius 2 is 1.70 bits per heavy atom. The lowest BCUT2D eigenvalue weighted by atomic mass is 9.83. The van der Waals surface area contributed by atoms with Crippen LogP contribution in [0, 0.1) is 5.92 Å². The molecule has 1 unspecified atom stereocenters. The van der Waals surface area contributed by atoms with E-state index in [4.69, 9.17) is 0 Å². The summed E-state index contributed by atoms with van der Waals surface area (Å²) in [4.78, 5) is 29.3. The summed E-state index contributed by atoms with van der Waals surface area (Å²) in [5.74, 6) is 1.03. The van der Waals surface area contributed by atoms with E-state index < -0.39 is 5.41 Å². The van der Waals surface area contributed by atoms with Crippen LogP contribution < -0.4 is 5.32 Å². The van der Waals surface area contributed by atoms with Crippen molar-refractivity contribution in [2.24, 2.45) is 5.92 Å². The first kappa shape index (κ1) is 21.7. The molecule has 2 amide bonds. The highest BCUT2D eigenvalue weighted by Crippen LogP contribution is 2.26. The van der Waals surface area contributed by atoms with Gasteiger partial charge in [0, 0.05) is 32.6 Å². The van der Waals surface area contributed by atoms with Crippen molar-refractivity contribution in [3.8, 4) is 0 Å². The van der Waals surface area contributed by atoms with Gasteiger partial charge in [-0.2, -0.15) is 0 Å². The fraction of sp³-hybridized carbons (Fsp3) is 0.619. The monoisotopic (exact) mass is 393 g/mol. The molecular weight excluding hydrogens is 362 g/mol. The Balaban J connectivity index is 0.00000261. The van der Waals surface area contributed by atoms with Crippen molar-refractivity contribution >= 4 is 24.2 Å². The molecule has 1 N–H and O–H groups in total. The van der Waals surface area contributed by atoms with Gasteiger partial charge in [-0.3, -0.25) is 9.59 Å². The van der Waals surface area contributed by atoms with Crippen molar-refractivity contribution < 1.29 is 9.59 Å². The summed E-state index contributed by atoms with van der Waals surface area (Å²) in [6, 6.07) is 9.93. The molecule has 0 saturated carbocycles. The number of carbonyl (C=O) groups excluding carboxylic acids is 2. The maximum Gasteiger partial charge on any atom is 0.232 e. The lowest BCUT2D eigenvalue weighted by molar-refractivity contribution is -0.142. The zero-order valence-corrected chi connectivity index (χ0v) is 17.3. The van der Waals surface area contributed by atoms with Gasteiger partial charge in [0.15, 0.2) is 0 Å². The quantitative estimate of drug-likeness (QED) is 0.835. The number of nitrogens with zero attached hydrogens (tertiary/aromatic N) is 2. The van der Waals surface area contributed by atoms with Crippen LogP contribution in [-0.2, 0) is 15.0 Å². The molecule has 6 heteroatoms. The molecule has 1 aromatic rings. The van der Waals surface area contributed by atoms with Crippen LogP contribution in [0.2, 0.25) is 0 Å². The van der Waals surface area contributed by atoms with Crippen LogP contribution in [0.4, 0.5) is 0 Å². The van der Waals surface area contributed by atoms with Crippen molar-refractivity contribution in [3.63, 3.8) is 0 Å². The van der Waals surface area contributed by atoms with E-state index in [2.05, 4.69) is 5.32 Å². The van der Waals surface area contributed by atoms with Crippen molar-refractivity contribution in [2.45, 2.75) is 38.5 Å². The minimum absolute atomic E-state index is 0. The number of hydrogen-bond acceptors (Lipinski definition) is 3. The van der Waals surface area contributed by atoms with E-state index in [-0.39, 0.29) is 24.2 Å². The second kappa shape index (κ2) is 9.56. The predicted octanol–water partition coefficient (Wildman–Crippen LogP) is 2.45. The van der Waals surface area contributed by atoms with E-state index >= 15 is 0 Å². The molecule has 27 heavy (non-hydrogen) atoms. The van der Waals surface area contributed by atoms with Gasteiger partial charge in [0.2, 0.25) is 11.8 Å². The summed E-state index contributed by atoms with van der Waals surface area (Å²) in [5.41, 5.74) is 0.497. The SMILES string of the molecule is CC(C)(C(=O)N1CCN(C(=O)CCC2CCNC2)CC1)c1ccccc1.Cl. The molecule has 2 heterocycles. The van der Waals surface area contributed by atoms with Crippen molar-refractivity contribution in [3.05, 3.63) is 35.9 Å². The lowest BCUT2D eigenvalue weighted by Gasteiger charge is -2.39. The number of benzene rings is 1. The summed E-state index contributed by atoms with van der Waals surface area (Å²) in [6.45, 7) is 8.66. The minimum Gasteiger partial charge on any atom is -0.339 e. The Bertz CT molecular complexity index is 622. The molecule has 2 saturated heterocycles. The van der Waals surface area contributed by atoms with Crippen LogP contribution in [0.1, 0.15) is 38.7 Å². The van der Waals surface area contributed by atoms with Crippen molar-refractivity contribution in [1.82, 2.24) is 15.1 Å². The second-order valence-corrected chi connectivity index (χ2v) is 8.06. The first-order chi connectivity index (χ1) is 12.5. The third-order valence-electron chi connectivity index (χ3n) is 5.88. The van der Waals surface area contributed by atoms with Gasteiger partial charge in [-0.05, 0) is 51.3 Å². The first-order valence-corrected chi connectivity index (χ1v) is 9.82. The predicted molar refractivity (Wildman–Crippen MR) is 110 cm³/mol. The van der Waals surface area contributed by atoms with Crippen molar-refractivity contribution in [1.29, 1.82) is 0 Å². The van der Waals surface area contributed by atoms with Gasteiger partial charge >= 0.3 is 0 Å². The summed E-state index contributed by atoms with van der Waals surface area (Å²) < 4.78 is 0. The van der Waals surface area contributed by atoms with Gasteiger partial charge in [-0.1, -0.05) is 30.3 Å². The third-order valence-corrected chi connectivity index (χ3v) is 5.88. The van der Waals surface area contributed by atoms with E-state index in [1.54, 1.807) is 0 Å². The molecule has 1 atom stereocenters. The molecule has 150 valence electrons. The number of hydrogen-bond donors (Lipinski definition) is 1. The zero-order chi connectivity index (χ0) is 18.6. The third kappa shape index (κ3) is 5.23. The van der Waals surface area contributed by atoms with Crippen LogP contribution in [0.5, 0.6) is 0 Å². The van der Waals surface area contributed by atoms with E-state index in [0.29, 0.717) is 38.5 Å². The van der Waals surface area contributed by atoms with Crippen LogP contribution in [0.25, 0.3) is 0 Å². The van der Waals surface area contributed by atoms with Gasteiger partial charge in [0.25, 0.3) is 0 Å². The number of piperazine rings is 1. The highest BCUT2D eigenvalue weighted by Gasteiger charge is 2.35. The Hall–Kier alpha value is -1.59. The molecule has 2 fully saturated rings. The van der Waals surface area contributed by atoms with Crippen molar-refractivity contribution in [2.75, 3.05) is 39.3 Å². The number of halogens is 1. The van der Waals surface area contributed by atoms with Gasteiger partial charge in [-0.25, -0.2) is 0 Å². The number of rotatable bonds is 5. The molecule has 0 aromatic heterocycles. The number of carbonyl (C=O) groups is 2. The summed E-state index contributed by atoms with van der Waals surface area (Å²) >= 11 is 0. The van der Waals surface area contributed by atoms with Crippen LogP contribution in [0.15, 0.2) is 30.3 Å². The molecule has 5 nitrogen and oxygen atoms in total. The number of nitrogens with one attached hydrogen (secondary N) is 1. The summed E-state index contributed by atoms with van der Waals surface area (Å²) in [7, 11) is 0. The minimum atomic E-state index is -0.539. The Morgan fingerprint density at radius 3 is 2.30 bits per heavy atom. The first-order valence-electron chi connectivity index (χ1n) is 9.82. The fourth-order valence-corrected chi connectivity index (χ4v) is 3.98. The van der Waals surface area contributed by atoms with Gasteiger partial charge < -0.3 is 15.1 Å². The maximum absolute atomic E-state index is 13.0. The molecule has 2 aliphatic heterocycles. The van der Waals surface area contributed by atoms with Crippen LogP contribution >= 0.6 is 12.4 Å². The van der Waals surface area contributed by atoms with Gasteiger partial charge in [-0.15, -0.1) is 12.4 Å². The van der Waals surface area contributed by atoms with E-state index in [0.717, 1.165) is 25.1 Å². The van der Waals surface area contributed by atoms with Gasteiger partial charge in [0.1, 0.15) is 0 Å². The summed E-state index contributed by atoms with van der Waals surface area (Å²) in [6.07, 6.45) is 2.80.